The zero-order valence-electron chi connectivity index (χ0n) is 34.1. The van der Waals surface area contributed by atoms with E-state index in [-0.39, 0.29) is 0 Å². The summed E-state index contributed by atoms with van der Waals surface area (Å²) < 4.78 is 63.4. The molecule has 0 aromatic heterocycles. The molecule has 25 nitrogen and oxygen atoms in total. The van der Waals surface area contributed by atoms with Crippen LogP contribution in [0.25, 0.3) is 0 Å². The number of ether oxygens (including phenoxy) is 11. The molecule has 6 fully saturated rings. The third-order valence-corrected chi connectivity index (χ3v) is 12.2. The van der Waals surface area contributed by atoms with Crippen LogP contribution in [0.1, 0.15) is 41.5 Å². The van der Waals surface area contributed by atoms with Crippen molar-refractivity contribution in [2.75, 3.05) is 0 Å². The standard InChI is InChI=1S/C36H62O25/c1-7-13(37)19(43)23(47)32(52-7)59-28-20(44)14(38)8(2)54-34(28)58-27-18(42)12(6)53-33(25(27)49)60-29-21(45)15(39)10(4)56-36(29)61-30-22(46)16(40)9(3)55-35(30)57-26-17(41)11(5)51-31(50)24(26)48/h7-50H,1-6H3/t7-,8-,9-,10-,11-,12-,13-,14-,15-,16-,17-,18-,19+,20+,21+,22+,23+,24+,25+,26+,27+,28+,29+,30+,31+,32-,33-,34+,35+,36-/m1/s1. The molecule has 6 saturated heterocycles. The maximum atomic E-state index is 11.7. The minimum Gasteiger partial charge on any atom is -0.388 e. The molecule has 0 radical (unpaired) electrons. The number of rotatable bonds is 10. The minimum absolute atomic E-state index is 1.04. The first-order valence-electron chi connectivity index (χ1n) is 20.3. The van der Waals surface area contributed by atoms with E-state index in [0.29, 0.717) is 0 Å². The van der Waals surface area contributed by atoms with E-state index in [0.717, 1.165) is 0 Å². The van der Waals surface area contributed by atoms with Gasteiger partial charge in [0, 0.05) is 0 Å². The van der Waals surface area contributed by atoms with Crippen LogP contribution in [0, 0.1) is 0 Å². The fourth-order valence-electron chi connectivity index (χ4n) is 8.11. The Bertz CT molecular complexity index is 1390. The van der Waals surface area contributed by atoms with Crippen molar-refractivity contribution in [3.05, 3.63) is 0 Å². The van der Waals surface area contributed by atoms with Gasteiger partial charge in [-0.15, -0.1) is 0 Å². The summed E-state index contributed by atoms with van der Waals surface area (Å²) >= 11 is 0. The molecular formula is C36H62O25. The smallest absolute Gasteiger partial charge is 0.187 e. The van der Waals surface area contributed by atoms with Gasteiger partial charge in [0.05, 0.1) is 36.6 Å². The summed E-state index contributed by atoms with van der Waals surface area (Å²) in [6.45, 7) is 8.26. The maximum absolute atomic E-state index is 11.7. The van der Waals surface area contributed by atoms with E-state index in [4.69, 9.17) is 52.1 Å². The number of hydrogen-bond donors (Lipinski definition) is 14. The molecule has 25 heteroatoms. The average Bonchev–Trinajstić information content (AvgIpc) is 3.21. The van der Waals surface area contributed by atoms with E-state index in [9.17, 15) is 71.5 Å². The van der Waals surface area contributed by atoms with Crippen LogP contribution in [0.5, 0.6) is 0 Å². The second-order valence-electron chi connectivity index (χ2n) is 16.7. The van der Waals surface area contributed by atoms with Gasteiger partial charge in [-0.3, -0.25) is 0 Å². The largest absolute Gasteiger partial charge is 0.388 e. The highest BCUT2D eigenvalue weighted by Gasteiger charge is 2.57. The summed E-state index contributed by atoms with van der Waals surface area (Å²) in [6.07, 6.45) is -48.6. The molecule has 6 aliphatic heterocycles. The van der Waals surface area contributed by atoms with Gasteiger partial charge in [0.25, 0.3) is 0 Å². The molecular weight excluding hydrogens is 832 g/mol. The molecule has 6 rings (SSSR count). The van der Waals surface area contributed by atoms with Crippen LogP contribution < -0.4 is 0 Å². The first-order chi connectivity index (χ1) is 28.5. The van der Waals surface area contributed by atoms with Crippen LogP contribution in [0.2, 0.25) is 0 Å². The molecule has 0 unspecified atom stereocenters. The van der Waals surface area contributed by atoms with Gasteiger partial charge in [-0.25, -0.2) is 0 Å². The summed E-state index contributed by atoms with van der Waals surface area (Å²) in [4.78, 5) is 0. The number of hydrogen-bond acceptors (Lipinski definition) is 25. The maximum Gasteiger partial charge on any atom is 0.187 e. The first-order valence-corrected chi connectivity index (χ1v) is 20.3. The quantitative estimate of drug-likeness (QED) is 0.0968. The fraction of sp³-hybridized carbons (Fsp3) is 1.00. The van der Waals surface area contributed by atoms with E-state index in [1.54, 1.807) is 0 Å². The molecule has 0 amide bonds. The van der Waals surface area contributed by atoms with Crippen molar-refractivity contribution in [3.8, 4) is 0 Å². The van der Waals surface area contributed by atoms with Crippen LogP contribution in [0.4, 0.5) is 0 Å². The zero-order valence-corrected chi connectivity index (χ0v) is 34.1. The Labute approximate surface area is 349 Å². The molecule has 14 N–H and O–H groups in total. The van der Waals surface area contributed by atoms with Gasteiger partial charge in [-0.1, -0.05) is 0 Å². The highest BCUT2D eigenvalue weighted by Crippen LogP contribution is 2.37. The van der Waals surface area contributed by atoms with Gasteiger partial charge < -0.3 is 124 Å². The molecule has 30 atom stereocenters. The van der Waals surface area contributed by atoms with E-state index < -0.39 is 184 Å². The van der Waals surface area contributed by atoms with E-state index in [1.807, 2.05) is 0 Å². The Morgan fingerprint density at radius 1 is 0.230 bits per heavy atom. The van der Waals surface area contributed by atoms with Crippen molar-refractivity contribution in [2.45, 2.75) is 226 Å². The third kappa shape index (κ3) is 9.92. The van der Waals surface area contributed by atoms with E-state index >= 15 is 0 Å². The second kappa shape index (κ2) is 19.8. The lowest BCUT2D eigenvalue weighted by molar-refractivity contribution is -0.406. The lowest BCUT2D eigenvalue weighted by Crippen LogP contribution is -2.67. The molecule has 0 spiro atoms. The van der Waals surface area contributed by atoms with Crippen molar-refractivity contribution in [1.29, 1.82) is 0 Å². The Balaban J connectivity index is 1.22. The van der Waals surface area contributed by atoms with Crippen molar-refractivity contribution in [3.63, 3.8) is 0 Å². The fourth-order valence-corrected chi connectivity index (χ4v) is 8.11. The predicted molar refractivity (Wildman–Crippen MR) is 191 cm³/mol. The molecule has 0 aliphatic carbocycles. The molecule has 61 heavy (non-hydrogen) atoms. The Hall–Kier alpha value is -1.00. The molecule has 356 valence electrons. The summed E-state index contributed by atoms with van der Waals surface area (Å²) in [6, 6.07) is 0. The highest BCUT2D eigenvalue weighted by atomic mass is 16.8. The van der Waals surface area contributed by atoms with Crippen LogP contribution in [0.15, 0.2) is 0 Å². The van der Waals surface area contributed by atoms with Gasteiger partial charge >= 0.3 is 0 Å². The normalized spacial score (nSPS) is 57.4. The monoisotopic (exact) mass is 894 g/mol. The highest BCUT2D eigenvalue weighted by molar-refractivity contribution is 4.98. The SMILES string of the molecule is C[C@H]1O[C@H](O[C@@H]2[C@H](O[C@@H]3[C@H](O)[C@@H](O[C@@H]4[C@@H](O[C@@H]5[C@H](O[C@H]6[C@H](O)[C@@H](C)O[C@H](O)[C@H]6O)O[C@H](C)[C@@H](O)[C@@H]5O)O[C@H](C)[C@@H](O)[C@@H]4O)O[C@H](C)[C@H]3O)O[C@H](C)[C@@H](O)[C@@H]2O)[C@@H](O)[C@@H](O)[C@@H]1O. The van der Waals surface area contributed by atoms with E-state index in [1.165, 1.54) is 41.5 Å². The van der Waals surface area contributed by atoms with Gasteiger partial charge in [-0.2, -0.15) is 0 Å². The molecule has 0 aromatic rings. The summed E-state index contributed by atoms with van der Waals surface area (Å²) in [5, 5.41) is 151. The third-order valence-electron chi connectivity index (χ3n) is 12.2. The Morgan fingerprint density at radius 2 is 0.492 bits per heavy atom. The van der Waals surface area contributed by atoms with Crippen LogP contribution in [-0.4, -0.2) is 256 Å². The topological polar surface area (TPSA) is 385 Å². The van der Waals surface area contributed by atoms with Crippen molar-refractivity contribution >= 4 is 0 Å². The van der Waals surface area contributed by atoms with Crippen LogP contribution >= 0.6 is 0 Å². The molecule has 6 aliphatic rings. The zero-order chi connectivity index (χ0) is 45.1. The molecule has 6 heterocycles. The van der Waals surface area contributed by atoms with Gasteiger partial charge in [0.1, 0.15) is 110 Å². The van der Waals surface area contributed by atoms with Gasteiger partial charge in [0.2, 0.25) is 0 Å². The van der Waals surface area contributed by atoms with Crippen molar-refractivity contribution in [1.82, 2.24) is 0 Å². The van der Waals surface area contributed by atoms with Crippen LogP contribution in [-0.2, 0) is 52.1 Å². The Kier molecular flexibility index (Phi) is 16.1. The number of aliphatic hydroxyl groups is 14. The second-order valence-corrected chi connectivity index (χ2v) is 16.7. The molecule has 0 aromatic carbocycles. The summed E-state index contributed by atoms with van der Waals surface area (Å²) in [7, 11) is 0. The van der Waals surface area contributed by atoms with Gasteiger partial charge in [0.15, 0.2) is 37.7 Å². The molecule has 0 bridgehead atoms. The lowest BCUT2D eigenvalue weighted by Gasteiger charge is -2.50. The van der Waals surface area contributed by atoms with Crippen LogP contribution in [0.3, 0.4) is 0 Å². The predicted octanol–water partition coefficient (Wildman–Crippen LogP) is -7.93. The average molecular weight is 895 g/mol. The summed E-state index contributed by atoms with van der Waals surface area (Å²) in [5.41, 5.74) is 0. The van der Waals surface area contributed by atoms with E-state index in [2.05, 4.69) is 0 Å². The van der Waals surface area contributed by atoms with Crippen molar-refractivity contribution < 1.29 is 124 Å². The van der Waals surface area contributed by atoms with Gasteiger partial charge in [-0.05, 0) is 41.5 Å². The Morgan fingerprint density at radius 3 is 0.885 bits per heavy atom. The minimum atomic E-state index is -2.01. The lowest BCUT2D eigenvalue weighted by atomic mass is 9.96. The molecule has 0 saturated carbocycles. The van der Waals surface area contributed by atoms with Crippen molar-refractivity contribution in [2.24, 2.45) is 0 Å². The number of aliphatic hydroxyl groups excluding tert-OH is 14. The first kappa shape index (κ1) is 49.4. The summed E-state index contributed by atoms with van der Waals surface area (Å²) in [5.74, 6) is 0.